The van der Waals surface area contributed by atoms with Crippen LogP contribution in [0.3, 0.4) is 0 Å². The highest BCUT2D eigenvalue weighted by molar-refractivity contribution is 5.52. The molecule has 0 saturated heterocycles. The summed E-state index contributed by atoms with van der Waals surface area (Å²) in [7, 11) is 0. The van der Waals surface area contributed by atoms with Crippen molar-refractivity contribution in [3.63, 3.8) is 0 Å². The molecule has 0 unspecified atom stereocenters. The molecule has 4 saturated carbocycles. The fourth-order valence-electron chi connectivity index (χ4n) is 3.80. The van der Waals surface area contributed by atoms with Crippen LogP contribution in [0.15, 0.2) is 0 Å². The zero-order valence-corrected chi connectivity index (χ0v) is 10.9. The van der Waals surface area contributed by atoms with Crippen LogP contribution < -0.4 is 0 Å². The average molecular weight is 402 g/mol. The molecule has 15 heteroatoms. The minimum atomic E-state index is -7.57. The lowest BCUT2D eigenvalue weighted by atomic mass is 9.40. The van der Waals surface area contributed by atoms with Gasteiger partial charge in [0, 0.05) is 0 Å². The van der Waals surface area contributed by atoms with Gasteiger partial charge in [-0.2, -0.15) is 43.9 Å². The Balaban J connectivity index is 2.65. The van der Waals surface area contributed by atoms with Gasteiger partial charge in [0.25, 0.3) is 0 Å². The Hall–Kier alpha value is -0.990. The van der Waals surface area contributed by atoms with Gasteiger partial charge in [-0.25, -0.2) is 13.2 Å². The van der Waals surface area contributed by atoms with Crippen LogP contribution in [0.5, 0.6) is 0 Å². The fourth-order valence-corrected chi connectivity index (χ4v) is 3.80. The molecule has 2 nitrogen and oxygen atoms in total. The molecular formula is C10H3F13O2. The molecule has 0 aromatic carbocycles. The smallest absolute Gasteiger partial charge is 0.339 e. The van der Waals surface area contributed by atoms with Crippen molar-refractivity contribution >= 4 is 0 Å². The number of rotatable bonds is 0. The van der Waals surface area contributed by atoms with Gasteiger partial charge in [-0.15, -0.1) is 0 Å². The molecule has 0 aromatic heterocycles. The highest BCUT2D eigenvalue weighted by Gasteiger charge is 3.18. The van der Waals surface area contributed by atoms with Crippen molar-refractivity contribution in [1.29, 1.82) is 0 Å². The van der Waals surface area contributed by atoms with Crippen molar-refractivity contribution in [2.75, 3.05) is 0 Å². The maximum absolute atomic E-state index is 14.2. The Morgan fingerprint density at radius 2 is 0.640 bits per heavy atom. The van der Waals surface area contributed by atoms with E-state index in [1.807, 2.05) is 0 Å². The minimum Gasteiger partial charge on any atom is -0.376 e. The molecule has 0 heterocycles. The third-order valence-electron chi connectivity index (χ3n) is 5.24. The average Bonchev–Trinajstić information content (AvgIpc) is 2.45. The van der Waals surface area contributed by atoms with Crippen molar-refractivity contribution in [2.24, 2.45) is 0 Å². The van der Waals surface area contributed by atoms with Crippen LogP contribution in [-0.4, -0.2) is 68.5 Å². The van der Waals surface area contributed by atoms with Gasteiger partial charge >= 0.3 is 41.0 Å². The summed E-state index contributed by atoms with van der Waals surface area (Å²) in [5.41, 5.74) is -27.6. The van der Waals surface area contributed by atoms with Crippen molar-refractivity contribution < 1.29 is 67.3 Å². The van der Waals surface area contributed by atoms with E-state index >= 15 is 0 Å². The van der Waals surface area contributed by atoms with E-state index < -0.39 is 58.3 Å². The molecule has 0 aromatic rings. The molecule has 0 radical (unpaired) electrons. The molecule has 0 aliphatic heterocycles. The van der Waals surface area contributed by atoms with Gasteiger partial charge in [0.05, 0.1) is 0 Å². The molecule has 146 valence electrons. The van der Waals surface area contributed by atoms with Gasteiger partial charge in [-0.1, -0.05) is 0 Å². The summed E-state index contributed by atoms with van der Waals surface area (Å²) in [5.74, 6) is -36.4. The van der Waals surface area contributed by atoms with E-state index in [-0.39, 0.29) is 0 Å². The quantitative estimate of drug-likeness (QED) is 0.612. The topological polar surface area (TPSA) is 40.5 Å². The van der Waals surface area contributed by atoms with E-state index in [0.717, 1.165) is 0 Å². The maximum atomic E-state index is 14.2. The van der Waals surface area contributed by atoms with Gasteiger partial charge in [-0.05, 0) is 0 Å². The molecule has 4 aliphatic carbocycles. The highest BCUT2D eigenvalue weighted by Crippen LogP contribution is 2.84. The van der Waals surface area contributed by atoms with Gasteiger partial charge in [0.1, 0.15) is 0 Å². The number of alkyl halides is 13. The van der Waals surface area contributed by atoms with E-state index in [9.17, 15) is 57.1 Å². The number of hydrogen-bond donors (Lipinski definition) is 2. The lowest BCUT2D eigenvalue weighted by molar-refractivity contribution is -0.596. The molecule has 4 fully saturated rings. The van der Waals surface area contributed by atoms with Crippen LogP contribution in [-0.2, 0) is 0 Å². The van der Waals surface area contributed by atoms with Crippen molar-refractivity contribution in [2.45, 2.75) is 58.3 Å². The zero-order chi connectivity index (χ0) is 20.1. The summed E-state index contributed by atoms with van der Waals surface area (Å²) < 4.78 is 180. The molecule has 25 heavy (non-hydrogen) atoms. The van der Waals surface area contributed by atoms with Crippen LogP contribution in [0.4, 0.5) is 57.1 Å². The Morgan fingerprint density at radius 3 is 0.840 bits per heavy atom. The van der Waals surface area contributed by atoms with Crippen LogP contribution in [0.2, 0.25) is 0 Å². The molecule has 0 spiro atoms. The molecule has 2 N–H and O–H groups in total. The molecule has 4 aliphatic rings. The fraction of sp³-hybridized carbons (Fsp3) is 1.00. The van der Waals surface area contributed by atoms with Gasteiger partial charge in [-0.3, -0.25) is 0 Å². The first-order valence-electron chi connectivity index (χ1n) is 6.01. The standard InChI is InChI=1S/C10H3F13O2/c11-1-2(24)6(14,15)4(12)8(18,19)3(1,25)9(20,21)5(13,7(2,16)17)10(4,22)23/h1,24-25H. The molecule has 4 bridgehead atoms. The summed E-state index contributed by atoms with van der Waals surface area (Å²) in [4.78, 5) is 0. The predicted molar refractivity (Wildman–Crippen MR) is 47.2 cm³/mol. The Bertz CT molecular complexity index is 584. The van der Waals surface area contributed by atoms with Gasteiger partial charge < -0.3 is 10.2 Å². The third-order valence-corrected chi connectivity index (χ3v) is 5.24. The lowest BCUT2D eigenvalue weighted by Crippen LogP contribution is -3.08. The van der Waals surface area contributed by atoms with Gasteiger partial charge in [0.2, 0.25) is 11.2 Å². The van der Waals surface area contributed by atoms with Gasteiger partial charge in [0.15, 0.2) is 6.17 Å². The number of aliphatic hydroxyl groups is 2. The first-order valence-corrected chi connectivity index (χ1v) is 6.01. The molecular weight excluding hydrogens is 399 g/mol. The van der Waals surface area contributed by atoms with Crippen LogP contribution >= 0.6 is 0 Å². The first kappa shape index (κ1) is 18.8. The van der Waals surface area contributed by atoms with E-state index in [1.165, 1.54) is 0 Å². The second-order valence-corrected chi connectivity index (χ2v) is 6.08. The molecule has 0 amide bonds. The monoisotopic (exact) mass is 402 g/mol. The largest absolute Gasteiger partial charge is 0.376 e. The molecule has 0 atom stereocenters. The second kappa shape index (κ2) is 3.55. The normalized spacial score (nSPS) is 56.0. The minimum absolute atomic E-state index is 5.51. The van der Waals surface area contributed by atoms with Crippen LogP contribution in [0.1, 0.15) is 0 Å². The summed E-state index contributed by atoms with van der Waals surface area (Å²) in [6, 6.07) is 0. The summed E-state index contributed by atoms with van der Waals surface area (Å²) in [5, 5.41) is 18.2. The predicted octanol–water partition coefficient (Wildman–Crippen LogP) is 2.42. The zero-order valence-electron chi connectivity index (χ0n) is 10.9. The van der Waals surface area contributed by atoms with Crippen LogP contribution in [0, 0.1) is 0 Å². The summed E-state index contributed by atoms with van der Waals surface area (Å²) in [6.45, 7) is 0. The Morgan fingerprint density at radius 1 is 0.440 bits per heavy atom. The lowest BCUT2D eigenvalue weighted by Gasteiger charge is -2.73. The Kier molecular flexibility index (Phi) is 2.67. The Labute approximate surface area is 127 Å². The number of halogens is 13. The van der Waals surface area contributed by atoms with E-state index in [1.54, 1.807) is 0 Å². The SMILES string of the molecule is OC12C(F)C3(O)C(F)(F)C(F)(C1(F)F)C(F)(F)C(F)(C2(F)F)C3(F)F. The third kappa shape index (κ3) is 0.995. The summed E-state index contributed by atoms with van der Waals surface area (Å²) >= 11 is 0. The maximum Gasteiger partial charge on any atom is 0.339 e. The number of hydrogen-bond acceptors (Lipinski definition) is 2. The van der Waals surface area contributed by atoms with Crippen molar-refractivity contribution in [1.82, 2.24) is 0 Å². The van der Waals surface area contributed by atoms with Crippen LogP contribution in [0.25, 0.3) is 0 Å². The van der Waals surface area contributed by atoms with Crippen molar-refractivity contribution in [3.05, 3.63) is 0 Å². The molecule has 4 rings (SSSR count). The first-order chi connectivity index (χ1) is 10.7. The summed E-state index contributed by atoms with van der Waals surface area (Å²) in [6.07, 6.45) is -5.51. The second-order valence-electron chi connectivity index (χ2n) is 6.08. The van der Waals surface area contributed by atoms with Crippen molar-refractivity contribution in [3.8, 4) is 0 Å². The highest BCUT2D eigenvalue weighted by atomic mass is 19.3. The van der Waals surface area contributed by atoms with E-state index in [2.05, 4.69) is 0 Å². The van der Waals surface area contributed by atoms with E-state index in [0.29, 0.717) is 0 Å². The van der Waals surface area contributed by atoms with E-state index in [4.69, 9.17) is 10.2 Å².